The molecule has 0 spiro atoms. The molecule has 1 aliphatic heterocycles. The lowest BCUT2D eigenvalue weighted by molar-refractivity contribution is -0.113. The van der Waals surface area contributed by atoms with Gasteiger partial charge in [-0.1, -0.05) is 30.8 Å². The average molecular weight is 549 g/mol. The molecule has 3 heterocycles. The van der Waals surface area contributed by atoms with Crippen molar-refractivity contribution in [2.75, 3.05) is 30.8 Å². The van der Waals surface area contributed by atoms with Crippen molar-refractivity contribution >= 4 is 44.9 Å². The van der Waals surface area contributed by atoms with E-state index in [4.69, 9.17) is 9.72 Å². The summed E-state index contributed by atoms with van der Waals surface area (Å²) in [6.45, 7) is 11.4. The maximum atomic E-state index is 14.0. The number of aryl methyl sites for hydroxylation is 2. The van der Waals surface area contributed by atoms with Gasteiger partial charge in [-0.3, -0.25) is 19.1 Å². The van der Waals surface area contributed by atoms with E-state index in [1.807, 2.05) is 63.2 Å². The first-order chi connectivity index (χ1) is 18.4. The number of rotatable bonds is 8. The Morgan fingerprint density at radius 1 is 1.16 bits per heavy atom. The molecule has 2 aromatic carbocycles. The first-order valence-electron chi connectivity index (χ1n) is 12.9. The molecule has 0 atom stereocenters. The van der Waals surface area contributed by atoms with E-state index in [-0.39, 0.29) is 17.2 Å². The van der Waals surface area contributed by atoms with Gasteiger partial charge >= 0.3 is 0 Å². The largest absolute Gasteiger partial charge is 0.494 e. The number of carbonyl (C=O) groups is 1. The van der Waals surface area contributed by atoms with Crippen LogP contribution in [0.4, 0.5) is 5.69 Å². The lowest BCUT2D eigenvalue weighted by Gasteiger charge is -2.25. The van der Waals surface area contributed by atoms with Crippen LogP contribution in [0.3, 0.4) is 0 Å². The summed E-state index contributed by atoms with van der Waals surface area (Å²) >= 11 is 2.88. The van der Waals surface area contributed by atoms with Crippen LogP contribution in [0.15, 0.2) is 52.4 Å². The smallest absolute Gasteiger partial charge is 0.267 e. The number of ether oxygens (including phenoxy) is 1. The molecule has 0 saturated carbocycles. The van der Waals surface area contributed by atoms with Crippen molar-refractivity contribution in [1.82, 2.24) is 14.5 Å². The van der Waals surface area contributed by atoms with Gasteiger partial charge in [0.2, 0.25) is 5.91 Å². The van der Waals surface area contributed by atoms with Gasteiger partial charge in [-0.25, -0.2) is 4.98 Å². The van der Waals surface area contributed by atoms with Crippen molar-refractivity contribution in [2.24, 2.45) is 0 Å². The highest BCUT2D eigenvalue weighted by Crippen LogP contribution is 2.34. The predicted molar refractivity (Wildman–Crippen MR) is 156 cm³/mol. The summed E-state index contributed by atoms with van der Waals surface area (Å²) in [7, 11) is 0. The van der Waals surface area contributed by atoms with Crippen LogP contribution in [0, 0.1) is 13.8 Å². The summed E-state index contributed by atoms with van der Waals surface area (Å²) in [5.74, 6) is 0.741. The molecule has 0 bridgehead atoms. The normalized spacial score (nSPS) is 13.5. The summed E-state index contributed by atoms with van der Waals surface area (Å²) in [6.07, 6.45) is 0.841. The van der Waals surface area contributed by atoms with E-state index in [0.717, 1.165) is 59.0 Å². The second-order valence-corrected chi connectivity index (χ2v) is 11.4. The third-order valence-corrected chi connectivity index (χ3v) is 8.82. The van der Waals surface area contributed by atoms with Gasteiger partial charge in [0.1, 0.15) is 10.6 Å². The Bertz CT molecular complexity index is 1540. The molecule has 0 saturated heterocycles. The van der Waals surface area contributed by atoms with Crippen LogP contribution in [0.25, 0.3) is 15.9 Å². The molecule has 4 aromatic rings. The van der Waals surface area contributed by atoms with Crippen LogP contribution in [0.5, 0.6) is 5.75 Å². The molecule has 1 aliphatic rings. The molecule has 198 valence electrons. The van der Waals surface area contributed by atoms with Crippen molar-refractivity contribution in [2.45, 2.75) is 45.8 Å². The van der Waals surface area contributed by atoms with Gasteiger partial charge in [-0.15, -0.1) is 11.3 Å². The Morgan fingerprint density at radius 2 is 1.95 bits per heavy atom. The van der Waals surface area contributed by atoms with Gasteiger partial charge in [0.25, 0.3) is 5.56 Å². The first kappa shape index (κ1) is 26.5. The standard InChI is InChI=1S/C29H32N4O3S2/c1-5-32-14-13-22-24(16-32)38-27-26(22)28(35)33(20-9-11-21(12-10-20)36-6-2)29(31-27)37-17-25(34)30-23-15-18(3)7-8-19(23)4/h7-12,15H,5-6,13-14,16-17H2,1-4H3,(H,30,34). The van der Waals surface area contributed by atoms with Gasteiger partial charge in [0.05, 0.1) is 23.4 Å². The highest BCUT2D eigenvalue weighted by Gasteiger charge is 2.25. The Morgan fingerprint density at radius 3 is 2.68 bits per heavy atom. The van der Waals surface area contributed by atoms with Crippen molar-refractivity contribution in [3.63, 3.8) is 0 Å². The van der Waals surface area contributed by atoms with E-state index in [2.05, 4.69) is 17.1 Å². The molecule has 1 amide bonds. The highest BCUT2D eigenvalue weighted by atomic mass is 32.2. The lowest BCUT2D eigenvalue weighted by Crippen LogP contribution is -2.30. The Balaban J connectivity index is 1.52. The molecule has 0 fully saturated rings. The Kier molecular flexibility index (Phi) is 7.88. The second-order valence-electron chi connectivity index (χ2n) is 9.42. The van der Waals surface area contributed by atoms with Crippen molar-refractivity contribution in [3.8, 4) is 11.4 Å². The summed E-state index contributed by atoms with van der Waals surface area (Å²) in [5.41, 5.74) is 4.63. The minimum Gasteiger partial charge on any atom is -0.494 e. The van der Waals surface area contributed by atoms with Crippen LogP contribution >= 0.6 is 23.1 Å². The summed E-state index contributed by atoms with van der Waals surface area (Å²) in [5, 5.41) is 4.23. The van der Waals surface area contributed by atoms with Crippen LogP contribution in [0.1, 0.15) is 35.4 Å². The molecule has 9 heteroatoms. The van der Waals surface area contributed by atoms with E-state index >= 15 is 0 Å². The Hall–Kier alpha value is -3.14. The molecule has 0 radical (unpaired) electrons. The third-order valence-electron chi connectivity index (χ3n) is 6.78. The first-order valence-corrected chi connectivity index (χ1v) is 14.7. The number of amides is 1. The molecule has 0 unspecified atom stereocenters. The van der Waals surface area contributed by atoms with Gasteiger partial charge in [-0.2, -0.15) is 0 Å². The van der Waals surface area contributed by atoms with Crippen LogP contribution in [0.2, 0.25) is 0 Å². The number of nitrogens with zero attached hydrogens (tertiary/aromatic N) is 3. The second kappa shape index (κ2) is 11.3. The van der Waals surface area contributed by atoms with Crippen molar-refractivity contribution in [1.29, 1.82) is 0 Å². The summed E-state index contributed by atoms with van der Waals surface area (Å²) < 4.78 is 7.25. The number of carbonyl (C=O) groups excluding carboxylic acids is 1. The van der Waals surface area contributed by atoms with E-state index < -0.39 is 0 Å². The average Bonchev–Trinajstić information content (AvgIpc) is 3.28. The molecule has 0 aliphatic carbocycles. The van der Waals surface area contributed by atoms with Gasteiger partial charge in [0.15, 0.2) is 5.16 Å². The molecular weight excluding hydrogens is 516 g/mol. The minimum absolute atomic E-state index is 0.0842. The monoisotopic (exact) mass is 548 g/mol. The highest BCUT2D eigenvalue weighted by molar-refractivity contribution is 7.99. The summed E-state index contributed by atoms with van der Waals surface area (Å²) in [4.78, 5) is 36.3. The van der Waals surface area contributed by atoms with Gasteiger partial charge in [0, 0.05) is 23.7 Å². The van der Waals surface area contributed by atoms with Crippen molar-refractivity contribution < 1.29 is 9.53 Å². The number of anilines is 1. The molecular formula is C29H32N4O3S2. The van der Waals surface area contributed by atoms with E-state index in [1.165, 1.54) is 16.6 Å². The maximum absolute atomic E-state index is 14.0. The molecule has 38 heavy (non-hydrogen) atoms. The topological polar surface area (TPSA) is 76.5 Å². The fourth-order valence-corrected chi connectivity index (χ4v) is 6.83. The fraction of sp³-hybridized carbons (Fsp3) is 0.345. The van der Waals surface area contributed by atoms with Crippen molar-refractivity contribution in [3.05, 3.63) is 74.4 Å². The van der Waals surface area contributed by atoms with Crippen LogP contribution in [-0.2, 0) is 17.8 Å². The van der Waals surface area contributed by atoms with E-state index in [1.54, 1.807) is 15.9 Å². The molecule has 1 N–H and O–H groups in total. The summed E-state index contributed by atoms with van der Waals surface area (Å²) in [6, 6.07) is 13.5. The van der Waals surface area contributed by atoms with Gasteiger partial charge in [-0.05, 0) is 80.8 Å². The SMILES string of the molecule is CCOc1ccc(-n2c(SCC(=O)Nc3cc(C)ccc3C)nc3sc4c(c3c2=O)CCN(CC)C4)cc1. The molecule has 7 nitrogen and oxygen atoms in total. The fourth-order valence-electron chi connectivity index (χ4n) is 4.72. The van der Waals surface area contributed by atoms with Crippen LogP contribution < -0.4 is 15.6 Å². The van der Waals surface area contributed by atoms with E-state index in [9.17, 15) is 9.59 Å². The molecule has 2 aromatic heterocycles. The predicted octanol–water partition coefficient (Wildman–Crippen LogP) is 5.57. The van der Waals surface area contributed by atoms with E-state index in [0.29, 0.717) is 22.8 Å². The number of thiophene rings is 1. The zero-order valence-corrected chi connectivity index (χ0v) is 23.8. The quantitative estimate of drug-likeness (QED) is 0.229. The number of nitrogens with one attached hydrogen (secondary N) is 1. The lowest BCUT2D eigenvalue weighted by atomic mass is 10.1. The number of benzene rings is 2. The number of hydrogen-bond acceptors (Lipinski definition) is 7. The number of aromatic nitrogens is 2. The molecule has 5 rings (SSSR count). The maximum Gasteiger partial charge on any atom is 0.267 e. The van der Waals surface area contributed by atoms with Gasteiger partial charge < -0.3 is 10.1 Å². The zero-order chi connectivity index (χ0) is 26.8. The Labute approximate surface area is 230 Å². The minimum atomic E-state index is -0.139. The zero-order valence-electron chi connectivity index (χ0n) is 22.2. The number of thioether (sulfide) groups is 1. The van der Waals surface area contributed by atoms with Crippen LogP contribution in [-0.4, -0.2) is 45.8 Å². The third kappa shape index (κ3) is 5.36. The number of fused-ring (bicyclic) bond motifs is 3. The number of likely N-dealkylation sites (N-methyl/N-ethyl adjacent to an activating group) is 1. The number of hydrogen-bond donors (Lipinski definition) is 1.